The van der Waals surface area contributed by atoms with E-state index in [9.17, 15) is 0 Å². The number of nitrogens with zero attached hydrogens (tertiary/aromatic N) is 2. The molecule has 0 aliphatic carbocycles. The van der Waals surface area contributed by atoms with Gasteiger partial charge in [0.1, 0.15) is 0 Å². The maximum Gasteiger partial charge on any atom is 0.0546 e. The van der Waals surface area contributed by atoms with Gasteiger partial charge in [0, 0.05) is 50.3 Å². The van der Waals surface area contributed by atoms with E-state index in [1.165, 1.54) is 51.9 Å². The van der Waals surface area contributed by atoms with E-state index in [-0.39, 0.29) is 0 Å². The van der Waals surface area contributed by atoms with Gasteiger partial charge in [-0.15, -0.1) is 0 Å². The lowest BCUT2D eigenvalue weighted by Crippen LogP contribution is -2.59. The third-order valence-electron chi connectivity index (χ3n) is 5.56. The summed E-state index contributed by atoms with van der Waals surface area (Å²) in [4.78, 5) is 5.46. The van der Waals surface area contributed by atoms with Crippen LogP contribution in [0.3, 0.4) is 0 Å². The van der Waals surface area contributed by atoms with E-state index in [0.29, 0.717) is 11.5 Å². The second-order valence-corrected chi connectivity index (χ2v) is 7.26. The molecule has 20 heavy (non-hydrogen) atoms. The van der Waals surface area contributed by atoms with Crippen LogP contribution >= 0.6 is 0 Å². The Hall–Kier alpha value is -0.160. The van der Waals surface area contributed by atoms with Gasteiger partial charge in [0.15, 0.2) is 0 Å². The highest BCUT2D eigenvalue weighted by molar-refractivity contribution is 4.95. The Morgan fingerprint density at radius 2 is 2.20 bits per heavy atom. The van der Waals surface area contributed by atoms with Crippen molar-refractivity contribution in [2.75, 3.05) is 53.0 Å². The summed E-state index contributed by atoms with van der Waals surface area (Å²) < 4.78 is 5.82. The second kappa shape index (κ2) is 6.30. The van der Waals surface area contributed by atoms with Crippen LogP contribution in [0.15, 0.2) is 0 Å². The van der Waals surface area contributed by atoms with Gasteiger partial charge in [0.25, 0.3) is 0 Å². The maximum absolute atomic E-state index is 5.82. The van der Waals surface area contributed by atoms with E-state index >= 15 is 0 Å². The van der Waals surface area contributed by atoms with Gasteiger partial charge in [0.2, 0.25) is 0 Å². The lowest BCUT2D eigenvalue weighted by Gasteiger charge is -2.47. The van der Waals surface area contributed by atoms with Crippen molar-refractivity contribution in [1.29, 1.82) is 0 Å². The zero-order valence-corrected chi connectivity index (χ0v) is 13.2. The summed E-state index contributed by atoms with van der Waals surface area (Å²) in [6.45, 7) is 10.5. The molecule has 4 heteroatoms. The third-order valence-corrected chi connectivity index (χ3v) is 5.56. The summed E-state index contributed by atoms with van der Waals surface area (Å²) in [6.07, 6.45) is 5.33. The van der Waals surface area contributed by atoms with Gasteiger partial charge in [-0.25, -0.2) is 0 Å². The fourth-order valence-electron chi connectivity index (χ4n) is 4.50. The van der Waals surface area contributed by atoms with Crippen molar-refractivity contribution in [3.63, 3.8) is 0 Å². The highest BCUT2D eigenvalue weighted by Gasteiger charge is 2.40. The molecule has 0 radical (unpaired) electrons. The summed E-state index contributed by atoms with van der Waals surface area (Å²) in [5.41, 5.74) is 0.335. The van der Waals surface area contributed by atoms with Crippen LogP contribution in [0.5, 0.6) is 0 Å². The second-order valence-electron chi connectivity index (χ2n) is 7.26. The van der Waals surface area contributed by atoms with E-state index in [1.54, 1.807) is 0 Å². The predicted molar refractivity (Wildman–Crippen MR) is 82.0 cm³/mol. The molecule has 3 atom stereocenters. The van der Waals surface area contributed by atoms with E-state index in [4.69, 9.17) is 4.74 Å². The fourth-order valence-corrected chi connectivity index (χ4v) is 4.50. The third kappa shape index (κ3) is 3.03. The van der Waals surface area contributed by atoms with Crippen LogP contribution in [0.2, 0.25) is 0 Å². The SMILES string of the molecule is CNCC1(CN2CC3CCCN3CC2C)CCCOC1. The average molecular weight is 281 g/mol. The largest absolute Gasteiger partial charge is 0.381 e. The normalized spacial score (nSPS) is 39.9. The molecule has 3 fully saturated rings. The molecule has 0 spiro atoms. The summed E-state index contributed by atoms with van der Waals surface area (Å²) >= 11 is 0. The number of nitrogens with one attached hydrogen (secondary N) is 1. The molecule has 4 nitrogen and oxygen atoms in total. The molecule has 3 aliphatic rings. The Balaban J connectivity index is 1.64. The minimum absolute atomic E-state index is 0.335. The minimum atomic E-state index is 0.335. The first kappa shape index (κ1) is 14.8. The fraction of sp³-hybridized carbons (Fsp3) is 1.00. The van der Waals surface area contributed by atoms with Gasteiger partial charge in [-0.1, -0.05) is 0 Å². The van der Waals surface area contributed by atoms with Gasteiger partial charge in [-0.05, 0) is 46.2 Å². The number of rotatable bonds is 4. The Labute approximate surface area is 123 Å². The van der Waals surface area contributed by atoms with Crippen molar-refractivity contribution in [2.45, 2.75) is 44.7 Å². The van der Waals surface area contributed by atoms with Crippen molar-refractivity contribution in [1.82, 2.24) is 15.1 Å². The van der Waals surface area contributed by atoms with Gasteiger partial charge < -0.3 is 10.1 Å². The highest BCUT2D eigenvalue weighted by atomic mass is 16.5. The van der Waals surface area contributed by atoms with E-state index in [0.717, 1.165) is 25.8 Å². The number of piperazine rings is 1. The van der Waals surface area contributed by atoms with Crippen LogP contribution in [0.1, 0.15) is 32.6 Å². The number of ether oxygens (including phenoxy) is 1. The molecule has 3 heterocycles. The van der Waals surface area contributed by atoms with E-state index < -0.39 is 0 Å². The predicted octanol–water partition coefficient (Wildman–Crippen LogP) is 1.17. The first-order valence-corrected chi connectivity index (χ1v) is 8.43. The van der Waals surface area contributed by atoms with Crippen LogP contribution in [0.4, 0.5) is 0 Å². The molecule has 3 rings (SSSR count). The molecule has 3 aliphatic heterocycles. The topological polar surface area (TPSA) is 27.7 Å². The molecule has 0 bridgehead atoms. The standard InChI is InChI=1S/C16H31N3O/c1-14-9-18-7-3-5-15(18)10-19(14)12-16(11-17-2)6-4-8-20-13-16/h14-15,17H,3-13H2,1-2H3. The molecule has 0 amide bonds. The lowest BCUT2D eigenvalue weighted by atomic mass is 9.81. The number of fused-ring (bicyclic) bond motifs is 1. The van der Waals surface area contributed by atoms with Crippen molar-refractivity contribution >= 4 is 0 Å². The zero-order valence-electron chi connectivity index (χ0n) is 13.2. The summed E-state index contributed by atoms with van der Waals surface area (Å²) in [5.74, 6) is 0. The smallest absolute Gasteiger partial charge is 0.0546 e. The molecule has 0 saturated carbocycles. The van der Waals surface area contributed by atoms with Gasteiger partial charge in [0.05, 0.1) is 6.61 Å². The van der Waals surface area contributed by atoms with Crippen molar-refractivity contribution in [3.8, 4) is 0 Å². The van der Waals surface area contributed by atoms with Crippen LogP contribution in [-0.2, 0) is 4.74 Å². The molecule has 116 valence electrons. The van der Waals surface area contributed by atoms with E-state index in [1.807, 2.05) is 0 Å². The summed E-state index contributed by atoms with van der Waals surface area (Å²) in [5, 5.41) is 3.41. The number of hydrogen-bond acceptors (Lipinski definition) is 4. The van der Waals surface area contributed by atoms with Crippen molar-refractivity contribution < 1.29 is 4.74 Å². The van der Waals surface area contributed by atoms with Crippen LogP contribution in [-0.4, -0.2) is 74.9 Å². The quantitative estimate of drug-likeness (QED) is 0.837. The van der Waals surface area contributed by atoms with Crippen LogP contribution in [0, 0.1) is 5.41 Å². The van der Waals surface area contributed by atoms with Gasteiger partial charge in [-0.2, -0.15) is 0 Å². The Kier molecular flexibility index (Phi) is 4.65. The molecule has 0 aromatic carbocycles. The molecule has 3 saturated heterocycles. The minimum Gasteiger partial charge on any atom is -0.381 e. The Bertz CT molecular complexity index is 311. The summed E-state index contributed by atoms with van der Waals surface area (Å²) in [6, 6.07) is 1.52. The molecule has 3 unspecified atom stereocenters. The maximum atomic E-state index is 5.82. The molecule has 0 aromatic heterocycles. The van der Waals surface area contributed by atoms with Gasteiger partial charge in [-0.3, -0.25) is 9.80 Å². The monoisotopic (exact) mass is 281 g/mol. The first-order valence-electron chi connectivity index (χ1n) is 8.43. The van der Waals surface area contributed by atoms with Crippen LogP contribution in [0.25, 0.3) is 0 Å². The number of hydrogen-bond donors (Lipinski definition) is 1. The molecule has 0 aromatic rings. The average Bonchev–Trinajstić information content (AvgIpc) is 2.87. The highest BCUT2D eigenvalue weighted by Crippen LogP contribution is 2.32. The van der Waals surface area contributed by atoms with E-state index in [2.05, 4.69) is 29.1 Å². The molecular formula is C16H31N3O. The van der Waals surface area contributed by atoms with Crippen LogP contribution < -0.4 is 5.32 Å². The lowest BCUT2D eigenvalue weighted by molar-refractivity contribution is -0.0468. The summed E-state index contributed by atoms with van der Waals surface area (Å²) in [7, 11) is 2.08. The van der Waals surface area contributed by atoms with Gasteiger partial charge >= 0.3 is 0 Å². The Morgan fingerprint density at radius 3 is 2.95 bits per heavy atom. The molecular weight excluding hydrogens is 250 g/mol. The first-order chi connectivity index (χ1) is 9.72. The Morgan fingerprint density at radius 1 is 1.30 bits per heavy atom. The zero-order chi connectivity index (χ0) is 14.0. The van der Waals surface area contributed by atoms with Crippen molar-refractivity contribution in [2.24, 2.45) is 5.41 Å². The molecule has 1 N–H and O–H groups in total. The van der Waals surface area contributed by atoms with Crippen molar-refractivity contribution in [3.05, 3.63) is 0 Å².